The predicted octanol–water partition coefficient (Wildman–Crippen LogP) is 4.96. The molecular formula is C21H22ClN3OS. The van der Waals surface area contributed by atoms with E-state index in [1.165, 1.54) is 11.3 Å². The molecule has 0 atom stereocenters. The highest BCUT2D eigenvalue weighted by molar-refractivity contribution is 7.16. The molecular weight excluding hydrogens is 378 g/mol. The lowest BCUT2D eigenvalue weighted by molar-refractivity contribution is -0.130. The van der Waals surface area contributed by atoms with E-state index in [1.807, 2.05) is 61.0 Å². The van der Waals surface area contributed by atoms with Crippen LogP contribution >= 0.6 is 22.9 Å². The number of hydrogen-bond donors (Lipinski definition) is 0. The van der Waals surface area contributed by atoms with Crippen LogP contribution in [0.4, 0.5) is 0 Å². The third-order valence-electron chi connectivity index (χ3n) is 4.45. The van der Waals surface area contributed by atoms with Crippen molar-refractivity contribution in [1.29, 1.82) is 0 Å². The van der Waals surface area contributed by atoms with Gasteiger partial charge in [0.25, 0.3) is 0 Å². The summed E-state index contributed by atoms with van der Waals surface area (Å²) in [5.74, 6) is 0.0539. The number of rotatable bonds is 7. The van der Waals surface area contributed by atoms with Crippen LogP contribution in [0.5, 0.6) is 0 Å². The molecule has 27 heavy (non-hydrogen) atoms. The molecule has 6 heteroatoms. The largest absolute Gasteiger partial charge is 0.334 e. The molecule has 2 aromatic heterocycles. The number of thiophene rings is 1. The highest BCUT2D eigenvalue weighted by atomic mass is 35.5. The topological polar surface area (TPSA) is 38.1 Å². The van der Waals surface area contributed by atoms with Gasteiger partial charge in [0.1, 0.15) is 0 Å². The van der Waals surface area contributed by atoms with Crippen molar-refractivity contribution in [2.75, 3.05) is 6.54 Å². The lowest BCUT2D eigenvalue weighted by Crippen LogP contribution is -2.32. The van der Waals surface area contributed by atoms with E-state index < -0.39 is 0 Å². The molecule has 0 saturated carbocycles. The molecule has 0 saturated heterocycles. The summed E-state index contributed by atoms with van der Waals surface area (Å²) < 4.78 is 2.63. The van der Waals surface area contributed by atoms with E-state index in [1.54, 1.807) is 11.0 Å². The number of aryl methyl sites for hydroxylation is 1. The average molecular weight is 400 g/mol. The summed E-state index contributed by atoms with van der Waals surface area (Å²) in [7, 11) is 0. The lowest BCUT2D eigenvalue weighted by atomic mass is 10.1. The summed E-state index contributed by atoms with van der Waals surface area (Å²) in [5, 5.41) is 4.64. The molecule has 3 aromatic rings. The van der Waals surface area contributed by atoms with E-state index >= 15 is 0 Å². The van der Waals surface area contributed by atoms with Crippen molar-refractivity contribution in [3.8, 4) is 5.69 Å². The quantitative estimate of drug-likeness (QED) is 0.526. The average Bonchev–Trinajstić information content (AvgIpc) is 3.19. The zero-order chi connectivity index (χ0) is 19.4. The summed E-state index contributed by atoms with van der Waals surface area (Å²) in [6, 6.07) is 13.8. The van der Waals surface area contributed by atoms with Crippen LogP contribution in [-0.4, -0.2) is 27.1 Å². The fraction of sp³-hybridized carbons (Fsp3) is 0.238. The SMILES string of the molecule is C=CCN(Cc1ccc(Cl)s1)C(=O)Cc1c(C)nn(-c2ccccc2)c1C. The van der Waals surface area contributed by atoms with Gasteiger partial charge in [-0.3, -0.25) is 4.79 Å². The van der Waals surface area contributed by atoms with Crippen LogP contribution in [0, 0.1) is 13.8 Å². The van der Waals surface area contributed by atoms with Gasteiger partial charge in [0.15, 0.2) is 0 Å². The first kappa shape index (κ1) is 19.4. The van der Waals surface area contributed by atoms with E-state index in [-0.39, 0.29) is 5.91 Å². The zero-order valence-corrected chi connectivity index (χ0v) is 17.1. The van der Waals surface area contributed by atoms with Gasteiger partial charge < -0.3 is 4.90 Å². The molecule has 1 aromatic carbocycles. The molecule has 0 radical (unpaired) electrons. The first-order valence-electron chi connectivity index (χ1n) is 8.73. The van der Waals surface area contributed by atoms with Gasteiger partial charge in [-0.25, -0.2) is 4.68 Å². The Labute approximate surface area is 168 Å². The third-order valence-corrected chi connectivity index (χ3v) is 5.66. The van der Waals surface area contributed by atoms with Crippen molar-refractivity contribution < 1.29 is 4.79 Å². The molecule has 0 N–H and O–H groups in total. The van der Waals surface area contributed by atoms with Crippen molar-refractivity contribution in [3.63, 3.8) is 0 Å². The van der Waals surface area contributed by atoms with Crippen molar-refractivity contribution in [2.24, 2.45) is 0 Å². The molecule has 0 unspecified atom stereocenters. The van der Waals surface area contributed by atoms with Crippen molar-refractivity contribution >= 4 is 28.8 Å². The van der Waals surface area contributed by atoms with Crippen LogP contribution in [0.1, 0.15) is 21.8 Å². The monoisotopic (exact) mass is 399 g/mol. The predicted molar refractivity (Wildman–Crippen MR) is 112 cm³/mol. The fourth-order valence-electron chi connectivity index (χ4n) is 3.05. The van der Waals surface area contributed by atoms with Crippen LogP contribution in [0.25, 0.3) is 5.69 Å². The summed E-state index contributed by atoms with van der Waals surface area (Å²) in [6.07, 6.45) is 2.07. The van der Waals surface area contributed by atoms with Gasteiger partial charge in [-0.15, -0.1) is 17.9 Å². The Bertz CT molecular complexity index is 946. The molecule has 0 aliphatic rings. The van der Waals surface area contributed by atoms with E-state index in [4.69, 9.17) is 11.6 Å². The van der Waals surface area contributed by atoms with Crippen molar-refractivity contribution in [3.05, 3.63) is 81.3 Å². The number of halogens is 1. The Balaban J connectivity index is 1.81. The lowest BCUT2D eigenvalue weighted by Gasteiger charge is -2.20. The number of hydrogen-bond acceptors (Lipinski definition) is 3. The van der Waals surface area contributed by atoms with E-state index in [9.17, 15) is 4.79 Å². The summed E-state index contributed by atoms with van der Waals surface area (Å²) >= 11 is 7.51. The van der Waals surface area contributed by atoms with Crippen LogP contribution < -0.4 is 0 Å². The molecule has 0 aliphatic heterocycles. The number of para-hydroxylation sites is 1. The standard InChI is InChI=1S/C21H22ClN3OS/c1-4-12-24(14-18-10-11-20(22)27-18)21(26)13-19-15(2)23-25(16(19)3)17-8-6-5-7-9-17/h4-11H,1,12-14H2,2-3H3. The number of amides is 1. The Hall–Kier alpha value is -2.37. The highest BCUT2D eigenvalue weighted by Crippen LogP contribution is 2.24. The maximum absolute atomic E-state index is 13.0. The minimum absolute atomic E-state index is 0.0539. The first-order chi connectivity index (χ1) is 13.0. The zero-order valence-electron chi connectivity index (χ0n) is 15.5. The Morgan fingerprint density at radius 3 is 2.63 bits per heavy atom. The van der Waals surface area contributed by atoms with Crippen molar-refractivity contribution in [1.82, 2.24) is 14.7 Å². The number of nitrogens with zero attached hydrogens (tertiary/aromatic N) is 3. The first-order valence-corrected chi connectivity index (χ1v) is 9.92. The summed E-state index contributed by atoms with van der Waals surface area (Å²) in [6.45, 7) is 8.77. The minimum Gasteiger partial charge on any atom is -0.334 e. The van der Waals surface area contributed by atoms with Crippen LogP contribution in [0.2, 0.25) is 4.34 Å². The van der Waals surface area contributed by atoms with Crippen LogP contribution in [0.3, 0.4) is 0 Å². The number of carbonyl (C=O) groups excluding carboxylic acids is 1. The molecule has 1 amide bonds. The number of carbonyl (C=O) groups is 1. The number of benzene rings is 1. The second kappa shape index (κ2) is 8.55. The summed E-state index contributed by atoms with van der Waals surface area (Å²) in [4.78, 5) is 15.8. The van der Waals surface area contributed by atoms with Gasteiger partial charge in [-0.05, 0) is 38.1 Å². The Morgan fingerprint density at radius 1 is 1.26 bits per heavy atom. The maximum atomic E-state index is 13.0. The van der Waals surface area contributed by atoms with Gasteiger partial charge in [-0.1, -0.05) is 35.9 Å². The van der Waals surface area contributed by atoms with Gasteiger partial charge in [0.2, 0.25) is 5.91 Å². The second-order valence-corrected chi connectivity index (χ2v) is 8.14. The van der Waals surface area contributed by atoms with E-state index in [0.717, 1.165) is 31.9 Å². The van der Waals surface area contributed by atoms with Gasteiger partial charge in [0.05, 0.1) is 28.7 Å². The third kappa shape index (κ3) is 4.49. The highest BCUT2D eigenvalue weighted by Gasteiger charge is 2.20. The normalized spacial score (nSPS) is 10.8. The molecule has 2 heterocycles. The van der Waals surface area contributed by atoms with Gasteiger partial charge >= 0.3 is 0 Å². The van der Waals surface area contributed by atoms with E-state index in [2.05, 4.69) is 11.7 Å². The minimum atomic E-state index is 0.0539. The van der Waals surface area contributed by atoms with Crippen molar-refractivity contribution in [2.45, 2.75) is 26.8 Å². The number of aromatic nitrogens is 2. The van der Waals surface area contributed by atoms with Gasteiger partial charge in [0, 0.05) is 22.7 Å². The van der Waals surface area contributed by atoms with E-state index in [0.29, 0.717) is 19.5 Å². The molecule has 3 rings (SSSR count). The molecule has 0 fully saturated rings. The fourth-order valence-corrected chi connectivity index (χ4v) is 4.15. The van der Waals surface area contributed by atoms with Crippen LogP contribution in [-0.2, 0) is 17.8 Å². The Morgan fingerprint density at radius 2 is 2.00 bits per heavy atom. The molecule has 0 bridgehead atoms. The Kier molecular flexibility index (Phi) is 6.14. The maximum Gasteiger partial charge on any atom is 0.227 e. The van der Waals surface area contributed by atoms with Gasteiger partial charge in [-0.2, -0.15) is 5.10 Å². The molecule has 140 valence electrons. The van der Waals surface area contributed by atoms with Crippen LogP contribution in [0.15, 0.2) is 55.1 Å². The smallest absolute Gasteiger partial charge is 0.227 e. The molecule has 0 spiro atoms. The molecule has 4 nitrogen and oxygen atoms in total. The molecule has 0 aliphatic carbocycles. The summed E-state index contributed by atoms with van der Waals surface area (Å²) in [5.41, 5.74) is 3.84. The second-order valence-electron chi connectivity index (χ2n) is 6.34.